The summed E-state index contributed by atoms with van der Waals surface area (Å²) in [6.45, 7) is 7.00. The van der Waals surface area contributed by atoms with Crippen LogP contribution in [-0.4, -0.2) is 61.3 Å². The average molecular weight is 480 g/mol. The van der Waals surface area contributed by atoms with Crippen molar-refractivity contribution >= 4 is 17.4 Å². The van der Waals surface area contributed by atoms with E-state index in [1.165, 1.54) is 6.07 Å². The average Bonchev–Trinajstić information content (AvgIpc) is 3.37. The maximum atomic E-state index is 14.6. The molecule has 1 heterocycles. The minimum Gasteiger partial charge on any atom is -0.378 e. The number of Topliss-reactive ketones (excluding diaryl/α,β-unsaturated/α-hetero) is 1. The van der Waals surface area contributed by atoms with E-state index in [9.17, 15) is 14.0 Å². The van der Waals surface area contributed by atoms with Gasteiger partial charge in [-0.3, -0.25) is 14.5 Å². The topological polar surface area (TPSA) is 43.9 Å². The van der Waals surface area contributed by atoms with Gasteiger partial charge in [-0.05, 0) is 67.6 Å². The third-order valence-corrected chi connectivity index (χ3v) is 7.72. The molecule has 1 amide bonds. The minimum atomic E-state index is -0.307. The lowest BCUT2D eigenvalue weighted by molar-refractivity contribution is -0.140. The van der Waals surface area contributed by atoms with Crippen molar-refractivity contribution in [1.29, 1.82) is 0 Å². The van der Waals surface area contributed by atoms with Gasteiger partial charge in [0.2, 0.25) is 5.91 Å². The molecule has 188 valence electrons. The first-order valence-electron chi connectivity index (χ1n) is 12.8. The van der Waals surface area contributed by atoms with Crippen LogP contribution in [0.25, 0.3) is 0 Å². The Kier molecular flexibility index (Phi) is 7.90. The Balaban J connectivity index is 1.43. The van der Waals surface area contributed by atoms with Crippen LogP contribution in [0.2, 0.25) is 0 Å². The lowest BCUT2D eigenvalue weighted by Gasteiger charge is -2.41. The Morgan fingerprint density at radius 1 is 1.06 bits per heavy atom. The van der Waals surface area contributed by atoms with Crippen LogP contribution in [0.5, 0.6) is 0 Å². The second-order valence-electron chi connectivity index (χ2n) is 10.5. The zero-order chi connectivity index (χ0) is 25.1. The number of carbonyl (C=O) groups excluding carboxylic acids is 2. The molecule has 1 aliphatic heterocycles. The highest BCUT2D eigenvalue weighted by atomic mass is 19.1. The molecule has 2 aliphatic rings. The number of hydrogen-bond acceptors (Lipinski definition) is 4. The smallest absolute Gasteiger partial charge is 0.226 e. The molecule has 2 aromatic carbocycles. The molecule has 1 atom stereocenters. The molecule has 0 radical (unpaired) electrons. The maximum Gasteiger partial charge on any atom is 0.226 e. The zero-order valence-electron chi connectivity index (χ0n) is 21.5. The van der Waals surface area contributed by atoms with Crippen LogP contribution in [-0.2, 0) is 17.8 Å². The molecule has 2 aromatic rings. The monoisotopic (exact) mass is 479 g/mol. The number of hydrogen-bond donors (Lipinski definition) is 0. The first-order valence-corrected chi connectivity index (χ1v) is 12.8. The van der Waals surface area contributed by atoms with Gasteiger partial charge in [0, 0.05) is 69.9 Å². The lowest BCUT2D eigenvalue weighted by Crippen LogP contribution is -2.54. The van der Waals surface area contributed by atoms with Gasteiger partial charge in [-0.2, -0.15) is 0 Å². The van der Waals surface area contributed by atoms with Gasteiger partial charge in [0.25, 0.3) is 0 Å². The molecule has 4 rings (SSSR count). The number of rotatable bonds is 7. The normalized spacial score (nSPS) is 19.2. The first-order chi connectivity index (χ1) is 16.7. The van der Waals surface area contributed by atoms with Crippen LogP contribution >= 0.6 is 0 Å². The molecule has 1 aliphatic carbocycles. The Bertz CT molecular complexity index is 1080. The predicted octanol–water partition coefficient (Wildman–Crippen LogP) is 4.85. The van der Waals surface area contributed by atoms with E-state index in [1.807, 2.05) is 50.2 Å². The number of piperazine rings is 1. The molecule has 0 unspecified atom stereocenters. The number of anilines is 1. The standard InChI is InChI=1S/C29H38FN3O2/c1-20-18-32(12-13-33(20)29(35)22-8-5-6-9-22)19-25-15-26(30)14-24(21(25)2)17-28(34)23-10-7-11-27(16-23)31(3)4/h7,10-11,14-16,20,22H,5-6,8-9,12-13,17-19H2,1-4H3/t20-/m0/s1. The van der Waals surface area contributed by atoms with Crippen LogP contribution in [0.3, 0.4) is 0 Å². The number of amides is 1. The van der Waals surface area contributed by atoms with E-state index in [0.29, 0.717) is 18.0 Å². The molecular formula is C29H38FN3O2. The van der Waals surface area contributed by atoms with Crippen molar-refractivity contribution in [3.05, 3.63) is 64.5 Å². The second kappa shape index (κ2) is 10.9. The molecule has 5 nitrogen and oxygen atoms in total. The van der Waals surface area contributed by atoms with Gasteiger partial charge >= 0.3 is 0 Å². The van der Waals surface area contributed by atoms with Gasteiger partial charge in [0.05, 0.1) is 0 Å². The van der Waals surface area contributed by atoms with Gasteiger partial charge in [-0.1, -0.05) is 25.0 Å². The highest BCUT2D eigenvalue weighted by molar-refractivity contribution is 5.98. The van der Waals surface area contributed by atoms with Crippen molar-refractivity contribution < 1.29 is 14.0 Å². The van der Waals surface area contributed by atoms with Crippen molar-refractivity contribution in [2.45, 2.75) is 58.5 Å². The van der Waals surface area contributed by atoms with E-state index in [0.717, 1.165) is 67.7 Å². The molecule has 2 fully saturated rings. The van der Waals surface area contributed by atoms with Crippen LogP contribution in [0.1, 0.15) is 59.7 Å². The van der Waals surface area contributed by atoms with Gasteiger partial charge in [-0.25, -0.2) is 4.39 Å². The summed E-state index contributed by atoms with van der Waals surface area (Å²) in [6.07, 6.45) is 4.54. The summed E-state index contributed by atoms with van der Waals surface area (Å²) in [5.41, 5.74) is 4.23. The van der Waals surface area contributed by atoms with Crippen LogP contribution < -0.4 is 4.90 Å². The second-order valence-corrected chi connectivity index (χ2v) is 10.5. The fraction of sp³-hybridized carbons (Fsp3) is 0.517. The fourth-order valence-electron chi connectivity index (χ4n) is 5.53. The van der Waals surface area contributed by atoms with Crippen molar-refractivity contribution in [2.24, 2.45) is 5.92 Å². The summed E-state index contributed by atoms with van der Waals surface area (Å²) in [6, 6.07) is 10.8. The maximum absolute atomic E-state index is 14.6. The van der Waals surface area contributed by atoms with Gasteiger partial charge in [0.15, 0.2) is 5.78 Å². The molecule has 1 saturated heterocycles. The number of carbonyl (C=O) groups is 2. The minimum absolute atomic E-state index is 0.0130. The number of nitrogens with zero attached hydrogens (tertiary/aromatic N) is 3. The summed E-state index contributed by atoms with van der Waals surface area (Å²) in [7, 11) is 3.88. The zero-order valence-corrected chi connectivity index (χ0v) is 21.5. The molecule has 0 bridgehead atoms. The van der Waals surface area contributed by atoms with E-state index in [1.54, 1.807) is 6.07 Å². The lowest BCUT2D eigenvalue weighted by atomic mass is 9.95. The van der Waals surface area contributed by atoms with E-state index in [4.69, 9.17) is 0 Å². The molecule has 0 aromatic heterocycles. The highest BCUT2D eigenvalue weighted by Gasteiger charge is 2.33. The van der Waals surface area contributed by atoms with E-state index >= 15 is 0 Å². The Hall–Kier alpha value is -2.73. The Morgan fingerprint density at radius 2 is 1.77 bits per heavy atom. The molecule has 35 heavy (non-hydrogen) atoms. The molecule has 0 N–H and O–H groups in total. The Labute approximate surface area is 208 Å². The highest BCUT2D eigenvalue weighted by Crippen LogP contribution is 2.28. The summed E-state index contributed by atoms with van der Waals surface area (Å²) in [4.78, 5) is 32.3. The molecular weight excluding hydrogens is 441 g/mol. The molecule has 1 saturated carbocycles. The quantitative estimate of drug-likeness (QED) is 0.533. The first kappa shape index (κ1) is 25.4. The van der Waals surface area contributed by atoms with Crippen molar-refractivity contribution in [3.8, 4) is 0 Å². The van der Waals surface area contributed by atoms with Gasteiger partial charge < -0.3 is 9.80 Å². The third kappa shape index (κ3) is 5.92. The van der Waals surface area contributed by atoms with E-state index < -0.39 is 0 Å². The number of ketones is 1. The molecule has 6 heteroatoms. The Morgan fingerprint density at radius 3 is 2.46 bits per heavy atom. The SMILES string of the molecule is Cc1c(CC(=O)c2cccc(N(C)C)c2)cc(F)cc1CN1CCN(C(=O)C2CCCC2)[C@@H](C)C1. The van der Waals surface area contributed by atoms with Gasteiger partial charge in [-0.15, -0.1) is 0 Å². The van der Waals surface area contributed by atoms with Crippen molar-refractivity contribution in [1.82, 2.24) is 9.80 Å². The summed E-state index contributed by atoms with van der Waals surface area (Å²) in [5, 5.41) is 0. The largest absolute Gasteiger partial charge is 0.378 e. The van der Waals surface area contributed by atoms with E-state index in [2.05, 4.69) is 16.7 Å². The number of benzene rings is 2. The summed E-state index contributed by atoms with van der Waals surface area (Å²) >= 11 is 0. The summed E-state index contributed by atoms with van der Waals surface area (Å²) < 4.78 is 14.6. The van der Waals surface area contributed by atoms with Crippen LogP contribution in [0.15, 0.2) is 36.4 Å². The van der Waals surface area contributed by atoms with Crippen LogP contribution in [0, 0.1) is 18.7 Å². The van der Waals surface area contributed by atoms with Crippen molar-refractivity contribution in [3.63, 3.8) is 0 Å². The predicted molar refractivity (Wildman–Crippen MR) is 138 cm³/mol. The van der Waals surface area contributed by atoms with Gasteiger partial charge in [0.1, 0.15) is 5.82 Å². The third-order valence-electron chi connectivity index (χ3n) is 7.72. The molecule has 0 spiro atoms. The van der Waals surface area contributed by atoms with Crippen molar-refractivity contribution in [2.75, 3.05) is 38.6 Å². The fourth-order valence-corrected chi connectivity index (χ4v) is 5.53. The number of halogens is 1. The van der Waals surface area contributed by atoms with E-state index in [-0.39, 0.29) is 30.0 Å². The summed E-state index contributed by atoms with van der Waals surface area (Å²) in [5.74, 6) is 0.197. The van der Waals surface area contributed by atoms with Crippen LogP contribution in [0.4, 0.5) is 10.1 Å².